The lowest BCUT2D eigenvalue weighted by atomic mass is 10.1. The number of ether oxygens (including phenoxy) is 2. The summed E-state index contributed by atoms with van der Waals surface area (Å²) in [7, 11) is 0. The van der Waals surface area contributed by atoms with Crippen molar-refractivity contribution in [1.82, 2.24) is 0 Å². The predicted molar refractivity (Wildman–Crippen MR) is 139 cm³/mol. The van der Waals surface area contributed by atoms with Crippen LogP contribution in [0.1, 0.15) is 142 Å². The van der Waals surface area contributed by atoms with Gasteiger partial charge in [0.25, 0.3) is 0 Å². The number of allylic oxidation sites excluding steroid dienone is 4. The van der Waals surface area contributed by atoms with E-state index in [4.69, 9.17) is 9.47 Å². The molecule has 0 spiro atoms. The van der Waals surface area contributed by atoms with Gasteiger partial charge >= 0.3 is 6.16 Å². The third kappa shape index (κ3) is 26.8. The average Bonchev–Trinajstić information content (AvgIpc) is 2.80. The van der Waals surface area contributed by atoms with Crippen molar-refractivity contribution < 1.29 is 14.3 Å². The Kier molecular flexibility index (Phi) is 26.7. The maximum absolute atomic E-state index is 11.6. The molecular formula is C29H54O3. The normalized spacial score (nSPS) is 11.6. The Balaban J connectivity index is 3.21. The Morgan fingerprint density at radius 1 is 0.469 bits per heavy atom. The number of rotatable bonds is 24. The highest BCUT2D eigenvalue weighted by molar-refractivity contribution is 5.59. The van der Waals surface area contributed by atoms with E-state index in [-0.39, 0.29) is 0 Å². The van der Waals surface area contributed by atoms with Crippen LogP contribution < -0.4 is 0 Å². The lowest BCUT2D eigenvalue weighted by Gasteiger charge is -2.06. The minimum Gasteiger partial charge on any atom is -0.434 e. The zero-order valence-corrected chi connectivity index (χ0v) is 21.6. The van der Waals surface area contributed by atoms with Crippen LogP contribution in [0, 0.1) is 0 Å². The van der Waals surface area contributed by atoms with Gasteiger partial charge < -0.3 is 9.47 Å². The van der Waals surface area contributed by atoms with E-state index in [0.29, 0.717) is 13.2 Å². The van der Waals surface area contributed by atoms with E-state index in [1.807, 2.05) is 0 Å². The summed E-state index contributed by atoms with van der Waals surface area (Å²) in [6.45, 7) is 5.46. The first-order chi connectivity index (χ1) is 15.8. The fourth-order valence-corrected chi connectivity index (χ4v) is 3.61. The van der Waals surface area contributed by atoms with Crippen LogP contribution in [0.4, 0.5) is 4.79 Å². The fraction of sp³-hybridized carbons (Fsp3) is 0.828. The molecule has 0 atom stereocenters. The first-order valence-corrected chi connectivity index (χ1v) is 13.9. The van der Waals surface area contributed by atoms with Crippen LogP contribution in [0.5, 0.6) is 0 Å². The van der Waals surface area contributed by atoms with Gasteiger partial charge in [-0.05, 0) is 51.4 Å². The van der Waals surface area contributed by atoms with Crippen molar-refractivity contribution in [3.05, 3.63) is 24.3 Å². The van der Waals surface area contributed by atoms with Gasteiger partial charge in [-0.2, -0.15) is 0 Å². The molecule has 0 aliphatic carbocycles. The summed E-state index contributed by atoms with van der Waals surface area (Å²) < 4.78 is 10.3. The van der Waals surface area contributed by atoms with Crippen molar-refractivity contribution >= 4 is 6.16 Å². The second kappa shape index (κ2) is 27.8. The molecule has 0 aliphatic heterocycles. The molecule has 0 aromatic rings. The number of hydrogen-bond donors (Lipinski definition) is 0. The van der Waals surface area contributed by atoms with Gasteiger partial charge in [0.05, 0.1) is 13.2 Å². The van der Waals surface area contributed by atoms with E-state index in [1.165, 1.54) is 103 Å². The summed E-state index contributed by atoms with van der Waals surface area (Å²) in [4.78, 5) is 11.6. The van der Waals surface area contributed by atoms with Crippen LogP contribution in [-0.2, 0) is 9.47 Å². The number of unbranched alkanes of at least 4 members (excludes halogenated alkanes) is 16. The second-order valence-electron chi connectivity index (χ2n) is 8.99. The standard InChI is InChI=1S/C29H54O3/c1-3-5-7-9-11-13-15-17-19-21-23-25-27-31-29(30)32-28-26-24-22-20-18-16-14-12-10-8-6-4-2/h9-12H,3-8,13-28H2,1-2H3. The summed E-state index contributed by atoms with van der Waals surface area (Å²) >= 11 is 0. The van der Waals surface area contributed by atoms with Gasteiger partial charge in [-0.3, -0.25) is 0 Å². The molecule has 0 bridgehead atoms. The van der Waals surface area contributed by atoms with Gasteiger partial charge in [0.1, 0.15) is 0 Å². The smallest absolute Gasteiger partial charge is 0.434 e. The molecule has 0 unspecified atom stereocenters. The Morgan fingerprint density at radius 2 is 0.781 bits per heavy atom. The lowest BCUT2D eigenvalue weighted by Crippen LogP contribution is -2.09. The predicted octanol–water partition coefficient (Wildman–Crippen LogP) is 10.1. The molecule has 32 heavy (non-hydrogen) atoms. The first-order valence-electron chi connectivity index (χ1n) is 13.9. The van der Waals surface area contributed by atoms with Crippen LogP contribution in [0.3, 0.4) is 0 Å². The second-order valence-corrected chi connectivity index (χ2v) is 8.99. The third-order valence-electron chi connectivity index (χ3n) is 5.75. The zero-order chi connectivity index (χ0) is 23.4. The molecule has 0 saturated heterocycles. The third-order valence-corrected chi connectivity index (χ3v) is 5.75. The van der Waals surface area contributed by atoms with Crippen LogP contribution in [0.15, 0.2) is 24.3 Å². The van der Waals surface area contributed by atoms with Gasteiger partial charge in [-0.15, -0.1) is 0 Å². The summed E-state index contributed by atoms with van der Waals surface area (Å²) in [5.74, 6) is 0. The largest absolute Gasteiger partial charge is 0.508 e. The minimum atomic E-state index is -0.491. The van der Waals surface area contributed by atoms with Crippen molar-refractivity contribution in [1.29, 1.82) is 0 Å². The molecule has 0 rings (SSSR count). The maximum Gasteiger partial charge on any atom is 0.508 e. The van der Waals surface area contributed by atoms with Gasteiger partial charge in [0.2, 0.25) is 0 Å². The van der Waals surface area contributed by atoms with E-state index in [9.17, 15) is 4.79 Å². The molecule has 0 heterocycles. The van der Waals surface area contributed by atoms with Crippen molar-refractivity contribution in [3.8, 4) is 0 Å². The molecule has 3 heteroatoms. The summed E-state index contributed by atoms with van der Waals surface area (Å²) in [5.41, 5.74) is 0. The van der Waals surface area contributed by atoms with Gasteiger partial charge in [-0.1, -0.05) is 115 Å². The molecule has 3 nitrogen and oxygen atoms in total. The zero-order valence-electron chi connectivity index (χ0n) is 21.6. The highest BCUT2D eigenvalue weighted by atomic mass is 16.7. The Bertz CT molecular complexity index is 390. The Labute approximate surface area is 200 Å². The van der Waals surface area contributed by atoms with E-state index in [2.05, 4.69) is 38.2 Å². The van der Waals surface area contributed by atoms with Crippen LogP contribution >= 0.6 is 0 Å². The van der Waals surface area contributed by atoms with Gasteiger partial charge in [-0.25, -0.2) is 4.79 Å². The maximum atomic E-state index is 11.6. The molecule has 0 N–H and O–H groups in total. The van der Waals surface area contributed by atoms with Crippen LogP contribution in [0.25, 0.3) is 0 Å². The van der Waals surface area contributed by atoms with Crippen molar-refractivity contribution in [2.75, 3.05) is 13.2 Å². The van der Waals surface area contributed by atoms with Crippen LogP contribution in [0.2, 0.25) is 0 Å². The molecular weight excluding hydrogens is 396 g/mol. The SMILES string of the molecule is CCCCC=CCCCCCCCCOC(=O)OCCCCCCCCC=CCCCC. The number of carbonyl (C=O) groups is 1. The lowest BCUT2D eigenvalue weighted by molar-refractivity contribution is 0.0529. The highest BCUT2D eigenvalue weighted by Crippen LogP contribution is 2.10. The summed E-state index contributed by atoms with van der Waals surface area (Å²) in [6.07, 6.45) is 33.3. The Hall–Kier alpha value is -1.25. The molecule has 0 saturated carbocycles. The van der Waals surface area contributed by atoms with E-state index < -0.39 is 6.16 Å². The minimum absolute atomic E-state index is 0.491. The van der Waals surface area contributed by atoms with Gasteiger partial charge in [0, 0.05) is 0 Å². The quantitative estimate of drug-likeness (QED) is 0.0833. The summed E-state index contributed by atoms with van der Waals surface area (Å²) in [5, 5.41) is 0. The number of carbonyl (C=O) groups excluding carboxylic acids is 1. The monoisotopic (exact) mass is 450 g/mol. The average molecular weight is 451 g/mol. The van der Waals surface area contributed by atoms with E-state index in [1.54, 1.807) is 0 Å². The van der Waals surface area contributed by atoms with Crippen molar-refractivity contribution in [3.63, 3.8) is 0 Å². The van der Waals surface area contributed by atoms with Crippen molar-refractivity contribution in [2.24, 2.45) is 0 Å². The fourth-order valence-electron chi connectivity index (χ4n) is 3.61. The number of hydrogen-bond acceptors (Lipinski definition) is 3. The van der Waals surface area contributed by atoms with Gasteiger partial charge in [0.15, 0.2) is 0 Å². The van der Waals surface area contributed by atoms with E-state index in [0.717, 1.165) is 25.7 Å². The Morgan fingerprint density at radius 3 is 1.16 bits per heavy atom. The molecule has 0 radical (unpaired) electrons. The highest BCUT2D eigenvalue weighted by Gasteiger charge is 2.03. The summed E-state index contributed by atoms with van der Waals surface area (Å²) in [6, 6.07) is 0. The molecule has 188 valence electrons. The molecule has 0 amide bonds. The molecule has 0 aromatic heterocycles. The topological polar surface area (TPSA) is 35.5 Å². The first kappa shape index (κ1) is 30.8. The van der Waals surface area contributed by atoms with Crippen LogP contribution in [-0.4, -0.2) is 19.4 Å². The molecule has 0 aliphatic rings. The molecule has 0 aromatic carbocycles. The van der Waals surface area contributed by atoms with Crippen molar-refractivity contribution in [2.45, 2.75) is 142 Å². The molecule has 0 fully saturated rings. The van der Waals surface area contributed by atoms with E-state index >= 15 is 0 Å².